The molecule has 0 saturated carbocycles. The summed E-state index contributed by atoms with van der Waals surface area (Å²) in [6, 6.07) is 8.10. The van der Waals surface area contributed by atoms with Crippen LogP contribution < -0.4 is 0 Å². The molecule has 13 heavy (non-hydrogen) atoms. The summed E-state index contributed by atoms with van der Waals surface area (Å²) in [7, 11) is 0. The van der Waals surface area contributed by atoms with Gasteiger partial charge in [0.2, 0.25) is 0 Å². The van der Waals surface area contributed by atoms with E-state index in [-0.39, 0.29) is 0 Å². The van der Waals surface area contributed by atoms with Crippen LogP contribution in [0.5, 0.6) is 0 Å². The quantitative estimate of drug-likeness (QED) is 0.694. The Hall–Kier alpha value is -0.0100. The van der Waals surface area contributed by atoms with Gasteiger partial charge in [-0.15, -0.1) is 0 Å². The van der Waals surface area contributed by atoms with Crippen molar-refractivity contribution in [2.75, 3.05) is 5.33 Å². The van der Waals surface area contributed by atoms with E-state index in [1.807, 2.05) is 18.2 Å². The average molecular weight is 262 g/mol. The van der Waals surface area contributed by atoms with Gasteiger partial charge >= 0.3 is 0 Å². The molecule has 0 bridgehead atoms. The molecule has 0 N–H and O–H groups in total. The maximum atomic E-state index is 6.11. The standard InChI is InChI=1S/C11H14BrCl/c1-2-5-9(8-12)10-6-3-4-7-11(10)13/h3-4,6-7,9H,2,5,8H2,1H3. The van der Waals surface area contributed by atoms with E-state index in [1.54, 1.807) is 0 Å². The van der Waals surface area contributed by atoms with Gasteiger partial charge in [0.05, 0.1) is 0 Å². The van der Waals surface area contributed by atoms with Crippen molar-refractivity contribution in [3.63, 3.8) is 0 Å². The van der Waals surface area contributed by atoms with Crippen LogP contribution in [0.1, 0.15) is 31.2 Å². The maximum absolute atomic E-state index is 6.11. The fraction of sp³-hybridized carbons (Fsp3) is 0.455. The van der Waals surface area contributed by atoms with Crippen molar-refractivity contribution < 1.29 is 0 Å². The lowest BCUT2D eigenvalue weighted by Gasteiger charge is -2.14. The van der Waals surface area contributed by atoms with Gasteiger partial charge in [-0.05, 0) is 24.0 Å². The molecular weight excluding hydrogens is 247 g/mol. The fourth-order valence-electron chi connectivity index (χ4n) is 1.47. The van der Waals surface area contributed by atoms with E-state index in [0.29, 0.717) is 5.92 Å². The Morgan fingerprint density at radius 1 is 1.38 bits per heavy atom. The first-order chi connectivity index (χ1) is 6.29. The van der Waals surface area contributed by atoms with Crippen molar-refractivity contribution in [1.82, 2.24) is 0 Å². The molecule has 0 saturated heterocycles. The summed E-state index contributed by atoms with van der Waals surface area (Å²) < 4.78 is 0. The van der Waals surface area contributed by atoms with E-state index >= 15 is 0 Å². The molecule has 0 nitrogen and oxygen atoms in total. The molecule has 1 aromatic rings. The third-order valence-corrected chi connectivity index (χ3v) is 3.29. The zero-order chi connectivity index (χ0) is 9.68. The molecule has 1 rings (SSSR count). The Balaban J connectivity index is 2.84. The highest BCUT2D eigenvalue weighted by Gasteiger charge is 2.11. The largest absolute Gasteiger partial charge is 0.0921 e. The van der Waals surface area contributed by atoms with Crippen LogP contribution in [-0.4, -0.2) is 5.33 Å². The Kier molecular flexibility index (Phi) is 4.82. The Bertz CT molecular complexity index is 260. The second-order valence-corrected chi connectivity index (χ2v) is 4.22. The SMILES string of the molecule is CCCC(CBr)c1ccccc1Cl. The molecule has 0 spiro atoms. The smallest absolute Gasteiger partial charge is 0.0441 e. The van der Waals surface area contributed by atoms with Gasteiger partial charge in [-0.1, -0.05) is 59.1 Å². The summed E-state index contributed by atoms with van der Waals surface area (Å²) in [4.78, 5) is 0. The predicted molar refractivity (Wildman–Crippen MR) is 62.9 cm³/mol. The monoisotopic (exact) mass is 260 g/mol. The van der Waals surface area contributed by atoms with Crippen LogP contribution >= 0.6 is 27.5 Å². The normalized spacial score (nSPS) is 12.8. The second-order valence-electron chi connectivity index (χ2n) is 3.16. The van der Waals surface area contributed by atoms with Crippen molar-refractivity contribution in [2.24, 2.45) is 0 Å². The molecule has 72 valence electrons. The van der Waals surface area contributed by atoms with Crippen LogP contribution in [0.15, 0.2) is 24.3 Å². The number of benzene rings is 1. The van der Waals surface area contributed by atoms with Gasteiger partial charge in [-0.3, -0.25) is 0 Å². The first-order valence-electron chi connectivity index (χ1n) is 4.60. The lowest BCUT2D eigenvalue weighted by molar-refractivity contribution is 0.676. The second kappa shape index (κ2) is 5.66. The first-order valence-corrected chi connectivity index (χ1v) is 6.10. The number of rotatable bonds is 4. The van der Waals surface area contributed by atoms with Crippen LogP contribution in [0.4, 0.5) is 0 Å². The van der Waals surface area contributed by atoms with Crippen LogP contribution in [0.3, 0.4) is 0 Å². The molecule has 0 amide bonds. The van der Waals surface area contributed by atoms with Crippen molar-refractivity contribution in [3.8, 4) is 0 Å². The Labute approximate surface area is 93.4 Å². The van der Waals surface area contributed by atoms with Crippen LogP contribution in [-0.2, 0) is 0 Å². The van der Waals surface area contributed by atoms with Gasteiger partial charge in [-0.25, -0.2) is 0 Å². The molecule has 0 aliphatic heterocycles. The molecule has 0 aromatic heterocycles. The topological polar surface area (TPSA) is 0 Å². The molecule has 0 radical (unpaired) electrons. The molecule has 1 atom stereocenters. The summed E-state index contributed by atoms with van der Waals surface area (Å²) in [5.41, 5.74) is 1.27. The minimum atomic E-state index is 0.554. The lowest BCUT2D eigenvalue weighted by atomic mass is 9.97. The fourth-order valence-corrected chi connectivity index (χ4v) is 2.43. The van der Waals surface area contributed by atoms with E-state index in [0.717, 1.165) is 10.4 Å². The minimum absolute atomic E-state index is 0.554. The molecule has 0 fully saturated rings. The molecule has 1 unspecified atom stereocenters. The van der Waals surface area contributed by atoms with Crippen molar-refractivity contribution in [3.05, 3.63) is 34.9 Å². The Morgan fingerprint density at radius 2 is 2.08 bits per heavy atom. The summed E-state index contributed by atoms with van der Waals surface area (Å²) >= 11 is 9.64. The zero-order valence-electron chi connectivity index (χ0n) is 7.76. The number of hydrogen-bond donors (Lipinski definition) is 0. The van der Waals surface area contributed by atoms with Gasteiger partial charge in [0.25, 0.3) is 0 Å². The molecule has 0 aliphatic rings. The third kappa shape index (κ3) is 2.99. The molecule has 1 aromatic carbocycles. The van der Waals surface area contributed by atoms with Crippen molar-refractivity contribution in [2.45, 2.75) is 25.7 Å². The number of halogens is 2. The van der Waals surface area contributed by atoms with E-state index < -0.39 is 0 Å². The molecule has 2 heteroatoms. The third-order valence-electron chi connectivity index (χ3n) is 2.17. The highest BCUT2D eigenvalue weighted by Crippen LogP contribution is 2.29. The number of hydrogen-bond acceptors (Lipinski definition) is 0. The summed E-state index contributed by atoms with van der Waals surface area (Å²) in [5, 5.41) is 1.88. The first kappa shape index (κ1) is 11.1. The van der Waals surface area contributed by atoms with Crippen molar-refractivity contribution >= 4 is 27.5 Å². The van der Waals surface area contributed by atoms with E-state index in [9.17, 15) is 0 Å². The molecular formula is C11H14BrCl. The minimum Gasteiger partial charge on any atom is -0.0921 e. The Morgan fingerprint density at radius 3 is 2.62 bits per heavy atom. The average Bonchev–Trinajstić information content (AvgIpc) is 2.16. The van der Waals surface area contributed by atoms with Gasteiger partial charge in [0, 0.05) is 10.4 Å². The van der Waals surface area contributed by atoms with E-state index in [2.05, 4.69) is 28.9 Å². The van der Waals surface area contributed by atoms with Gasteiger partial charge in [0.15, 0.2) is 0 Å². The van der Waals surface area contributed by atoms with Gasteiger partial charge in [-0.2, -0.15) is 0 Å². The van der Waals surface area contributed by atoms with E-state index in [4.69, 9.17) is 11.6 Å². The summed E-state index contributed by atoms with van der Waals surface area (Å²) in [5.74, 6) is 0.554. The maximum Gasteiger partial charge on any atom is 0.0441 e. The lowest BCUT2D eigenvalue weighted by Crippen LogP contribution is -2.00. The van der Waals surface area contributed by atoms with E-state index in [1.165, 1.54) is 18.4 Å². The van der Waals surface area contributed by atoms with Crippen LogP contribution in [0.2, 0.25) is 5.02 Å². The summed E-state index contributed by atoms with van der Waals surface area (Å²) in [6.45, 7) is 2.20. The van der Waals surface area contributed by atoms with Crippen LogP contribution in [0, 0.1) is 0 Å². The summed E-state index contributed by atoms with van der Waals surface area (Å²) in [6.07, 6.45) is 2.39. The van der Waals surface area contributed by atoms with Crippen molar-refractivity contribution in [1.29, 1.82) is 0 Å². The van der Waals surface area contributed by atoms with Gasteiger partial charge in [0.1, 0.15) is 0 Å². The van der Waals surface area contributed by atoms with Crippen LogP contribution in [0.25, 0.3) is 0 Å². The highest BCUT2D eigenvalue weighted by atomic mass is 79.9. The highest BCUT2D eigenvalue weighted by molar-refractivity contribution is 9.09. The predicted octanol–water partition coefficient (Wildman–Crippen LogP) is 4.62. The number of alkyl halides is 1. The molecule has 0 aliphatic carbocycles. The molecule has 0 heterocycles. The zero-order valence-corrected chi connectivity index (χ0v) is 10.1. The van der Waals surface area contributed by atoms with Gasteiger partial charge < -0.3 is 0 Å².